The summed E-state index contributed by atoms with van der Waals surface area (Å²) >= 11 is 0. The first kappa shape index (κ1) is 21.7. The monoisotopic (exact) mass is 434 g/mol. The molecule has 1 heterocycles. The average Bonchev–Trinajstić information content (AvgIpc) is 2.77. The van der Waals surface area contributed by atoms with Gasteiger partial charge in [-0.2, -0.15) is 9.41 Å². The number of hydrogen-bond acceptors (Lipinski definition) is 8. The smallest absolute Gasteiger partial charge is 0.295 e. The molecule has 1 N–H and O–H groups in total. The van der Waals surface area contributed by atoms with E-state index in [2.05, 4.69) is 10.5 Å². The van der Waals surface area contributed by atoms with Crippen LogP contribution in [0.25, 0.3) is 0 Å². The number of morpholine rings is 1. The standard InChI is InChI=1S/C19H22N4O6S/c1-14(15-3-5-16(28-2)6-4-15)20-21-18-8-7-17(13-19(18)23(24)25)30(26,27)22-9-11-29-12-10-22/h3-8,13,21H,9-12H2,1-2H3/b20-14+. The molecule has 0 spiro atoms. The summed E-state index contributed by atoms with van der Waals surface area (Å²) in [4.78, 5) is 10.8. The zero-order chi connectivity index (χ0) is 21.7. The Kier molecular flexibility index (Phi) is 6.65. The molecule has 2 aromatic rings. The molecular weight excluding hydrogens is 412 g/mol. The number of nitro groups is 1. The van der Waals surface area contributed by atoms with Crippen LogP contribution >= 0.6 is 0 Å². The Balaban J connectivity index is 1.85. The largest absolute Gasteiger partial charge is 0.497 e. The van der Waals surface area contributed by atoms with E-state index in [-0.39, 0.29) is 29.4 Å². The van der Waals surface area contributed by atoms with E-state index in [0.717, 1.165) is 11.6 Å². The number of hydrogen-bond donors (Lipinski definition) is 1. The minimum atomic E-state index is -3.84. The predicted molar refractivity (Wildman–Crippen MR) is 112 cm³/mol. The molecule has 3 rings (SSSR count). The molecule has 160 valence electrons. The SMILES string of the molecule is COc1ccc(/C(C)=N/Nc2ccc(S(=O)(=O)N3CCOCC3)cc2[N+](=O)[O-])cc1. The first-order chi connectivity index (χ1) is 14.3. The highest BCUT2D eigenvalue weighted by atomic mass is 32.2. The number of benzene rings is 2. The second-order valence-corrected chi connectivity index (χ2v) is 8.43. The maximum absolute atomic E-state index is 12.8. The molecule has 1 aliphatic rings. The van der Waals surface area contributed by atoms with Gasteiger partial charge in [0.25, 0.3) is 5.69 Å². The lowest BCUT2D eigenvalue weighted by Gasteiger charge is -2.26. The van der Waals surface area contributed by atoms with Gasteiger partial charge in [0.1, 0.15) is 11.4 Å². The summed E-state index contributed by atoms with van der Waals surface area (Å²) in [5.41, 5.74) is 3.78. The van der Waals surface area contributed by atoms with E-state index in [9.17, 15) is 18.5 Å². The van der Waals surface area contributed by atoms with Gasteiger partial charge in [0, 0.05) is 19.2 Å². The minimum Gasteiger partial charge on any atom is -0.497 e. The molecule has 0 amide bonds. The van der Waals surface area contributed by atoms with Gasteiger partial charge < -0.3 is 9.47 Å². The number of nitrogens with zero attached hydrogens (tertiary/aromatic N) is 3. The number of methoxy groups -OCH3 is 1. The van der Waals surface area contributed by atoms with Gasteiger partial charge in [-0.05, 0) is 48.9 Å². The zero-order valence-corrected chi connectivity index (χ0v) is 17.4. The van der Waals surface area contributed by atoms with Crippen LogP contribution < -0.4 is 10.2 Å². The summed E-state index contributed by atoms with van der Waals surface area (Å²) in [7, 11) is -2.27. The minimum absolute atomic E-state index is 0.0915. The molecule has 0 aromatic heterocycles. The van der Waals surface area contributed by atoms with E-state index in [1.54, 1.807) is 26.2 Å². The van der Waals surface area contributed by atoms with Crippen molar-refractivity contribution in [3.05, 3.63) is 58.1 Å². The van der Waals surface area contributed by atoms with Crippen molar-refractivity contribution in [3.8, 4) is 5.75 Å². The molecule has 1 aliphatic heterocycles. The molecule has 0 saturated carbocycles. The van der Waals surface area contributed by atoms with Crippen molar-refractivity contribution in [1.29, 1.82) is 0 Å². The first-order valence-electron chi connectivity index (χ1n) is 9.14. The third-order valence-electron chi connectivity index (χ3n) is 4.63. The Labute approximate surface area is 174 Å². The molecule has 10 nitrogen and oxygen atoms in total. The van der Waals surface area contributed by atoms with Crippen molar-refractivity contribution in [2.24, 2.45) is 5.10 Å². The first-order valence-corrected chi connectivity index (χ1v) is 10.6. The lowest BCUT2D eigenvalue weighted by Crippen LogP contribution is -2.40. The van der Waals surface area contributed by atoms with Gasteiger partial charge in [-0.3, -0.25) is 15.5 Å². The van der Waals surface area contributed by atoms with E-state index in [1.165, 1.54) is 16.4 Å². The van der Waals surface area contributed by atoms with Crippen LogP contribution in [0.5, 0.6) is 5.75 Å². The van der Waals surface area contributed by atoms with E-state index in [1.807, 2.05) is 12.1 Å². The number of anilines is 1. The van der Waals surface area contributed by atoms with Crippen molar-refractivity contribution in [2.75, 3.05) is 38.8 Å². The Morgan fingerprint density at radius 2 is 1.87 bits per heavy atom. The summed E-state index contributed by atoms with van der Waals surface area (Å²) in [5, 5.41) is 15.7. The van der Waals surface area contributed by atoms with Crippen LogP contribution in [0.1, 0.15) is 12.5 Å². The van der Waals surface area contributed by atoms with E-state index >= 15 is 0 Å². The topological polar surface area (TPSA) is 123 Å². The number of nitrogens with one attached hydrogen (secondary N) is 1. The molecule has 2 aromatic carbocycles. The van der Waals surface area contributed by atoms with Crippen LogP contribution in [0.2, 0.25) is 0 Å². The van der Waals surface area contributed by atoms with Crippen LogP contribution in [0.15, 0.2) is 52.5 Å². The molecule has 30 heavy (non-hydrogen) atoms. The number of sulfonamides is 1. The molecule has 1 fully saturated rings. The third kappa shape index (κ3) is 4.75. The van der Waals surface area contributed by atoms with Gasteiger partial charge in [0.05, 0.1) is 35.9 Å². The summed E-state index contributed by atoms with van der Waals surface area (Å²) in [6.07, 6.45) is 0. The van der Waals surface area contributed by atoms with Crippen molar-refractivity contribution in [2.45, 2.75) is 11.8 Å². The Bertz CT molecular complexity index is 1050. The van der Waals surface area contributed by atoms with Gasteiger partial charge in [0.2, 0.25) is 10.0 Å². The highest BCUT2D eigenvalue weighted by Crippen LogP contribution is 2.29. The van der Waals surface area contributed by atoms with Crippen LogP contribution in [0.4, 0.5) is 11.4 Å². The zero-order valence-electron chi connectivity index (χ0n) is 16.6. The Hall–Kier alpha value is -3.02. The van der Waals surface area contributed by atoms with E-state index in [4.69, 9.17) is 9.47 Å². The highest BCUT2D eigenvalue weighted by molar-refractivity contribution is 7.89. The van der Waals surface area contributed by atoms with Gasteiger partial charge in [-0.15, -0.1) is 0 Å². The Morgan fingerprint density at radius 1 is 1.20 bits per heavy atom. The van der Waals surface area contributed by atoms with Gasteiger partial charge in [-0.1, -0.05) is 0 Å². The molecule has 11 heteroatoms. The van der Waals surface area contributed by atoms with Gasteiger partial charge in [0.15, 0.2) is 0 Å². The summed E-state index contributed by atoms with van der Waals surface area (Å²) in [6, 6.07) is 10.9. The van der Waals surface area contributed by atoms with Gasteiger partial charge in [-0.25, -0.2) is 8.42 Å². The van der Waals surface area contributed by atoms with Crippen LogP contribution in [-0.4, -0.2) is 56.8 Å². The Morgan fingerprint density at radius 3 is 2.47 bits per heavy atom. The third-order valence-corrected chi connectivity index (χ3v) is 6.52. The average molecular weight is 434 g/mol. The fraction of sp³-hybridized carbons (Fsp3) is 0.316. The normalized spacial score (nSPS) is 15.6. The summed E-state index contributed by atoms with van der Waals surface area (Å²) < 4.78 is 37.1. The fourth-order valence-electron chi connectivity index (χ4n) is 2.89. The summed E-state index contributed by atoms with van der Waals surface area (Å²) in [6.45, 7) is 2.75. The lowest BCUT2D eigenvalue weighted by atomic mass is 10.1. The second-order valence-electron chi connectivity index (χ2n) is 6.49. The number of rotatable bonds is 7. The number of ether oxygens (including phenoxy) is 2. The number of nitro benzene ring substituents is 1. The van der Waals surface area contributed by atoms with Crippen molar-refractivity contribution >= 4 is 27.1 Å². The lowest BCUT2D eigenvalue weighted by molar-refractivity contribution is -0.384. The molecule has 0 unspecified atom stereocenters. The summed E-state index contributed by atoms with van der Waals surface area (Å²) in [5.74, 6) is 0.701. The van der Waals surface area contributed by atoms with Crippen molar-refractivity contribution < 1.29 is 22.8 Å². The molecular formula is C19H22N4O6S. The number of hydrazone groups is 1. The fourth-order valence-corrected chi connectivity index (χ4v) is 4.32. The van der Waals surface area contributed by atoms with Crippen LogP contribution in [-0.2, 0) is 14.8 Å². The quantitative estimate of drug-likeness (QED) is 0.403. The van der Waals surface area contributed by atoms with Crippen molar-refractivity contribution in [3.63, 3.8) is 0 Å². The second kappa shape index (κ2) is 9.20. The molecule has 0 radical (unpaired) electrons. The van der Waals surface area contributed by atoms with Gasteiger partial charge >= 0.3 is 0 Å². The maximum atomic E-state index is 12.8. The molecule has 0 bridgehead atoms. The van der Waals surface area contributed by atoms with Crippen LogP contribution in [0.3, 0.4) is 0 Å². The molecule has 0 aliphatic carbocycles. The molecule has 0 atom stereocenters. The predicted octanol–water partition coefficient (Wildman–Crippen LogP) is 2.46. The van der Waals surface area contributed by atoms with E-state index < -0.39 is 14.9 Å². The van der Waals surface area contributed by atoms with E-state index in [0.29, 0.717) is 24.7 Å². The highest BCUT2D eigenvalue weighted by Gasteiger charge is 2.28. The van der Waals surface area contributed by atoms with Crippen LogP contribution in [0, 0.1) is 10.1 Å². The van der Waals surface area contributed by atoms with Crippen molar-refractivity contribution in [1.82, 2.24) is 4.31 Å². The molecule has 1 saturated heterocycles. The maximum Gasteiger partial charge on any atom is 0.295 e.